The van der Waals surface area contributed by atoms with E-state index in [1.165, 1.54) is 0 Å². The van der Waals surface area contributed by atoms with Crippen LogP contribution < -0.4 is 20.3 Å². The molecule has 9 heteroatoms. The molecule has 158 valence electrons. The van der Waals surface area contributed by atoms with Gasteiger partial charge < -0.3 is 20.4 Å². The van der Waals surface area contributed by atoms with Crippen molar-refractivity contribution in [3.8, 4) is 5.75 Å². The molecule has 0 spiro atoms. The number of hydrogen-bond acceptors (Lipinski definition) is 7. The number of nitrogens with zero attached hydrogens (tertiary/aromatic N) is 5. The maximum Gasteiger partial charge on any atom is 0.281 e. The fourth-order valence-electron chi connectivity index (χ4n) is 4.36. The molecule has 5 rings (SSSR count). The molecule has 1 fully saturated rings. The Kier molecular flexibility index (Phi) is 4.82. The van der Waals surface area contributed by atoms with Gasteiger partial charge in [0.25, 0.3) is 5.91 Å². The van der Waals surface area contributed by atoms with Crippen molar-refractivity contribution in [1.82, 2.24) is 14.9 Å². The number of rotatable bonds is 4. The number of amides is 1. The molecular formula is C21H27N7O2. The maximum absolute atomic E-state index is 13.4. The molecule has 0 aliphatic carbocycles. The zero-order valence-electron chi connectivity index (χ0n) is 17.2. The second kappa shape index (κ2) is 7.64. The van der Waals surface area contributed by atoms with E-state index in [1.807, 2.05) is 24.3 Å². The van der Waals surface area contributed by atoms with Crippen molar-refractivity contribution < 1.29 is 9.53 Å². The summed E-state index contributed by atoms with van der Waals surface area (Å²) in [5.41, 5.74) is 7.69. The number of aromatic amines is 1. The number of anilines is 2. The monoisotopic (exact) mass is 409 g/mol. The van der Waals surface area contributed by atoms with Gasteiger partial charge in [-0.3, -0.25) is 19.6 Å². The number of fused-ring (bicyclic) bond motifs is 3. The first-order valence-corrected chi connectivity index (χ1v) is 10.5. The van der Waals surface area contributed by atoms with Crippen LogP contribution in [0.15, 0.2) is 29.3 Å². The standard InChI is InChI=1S/C21H27N7O2/c1-30-16-7-5-14(6-8-16)12-28-19(29)17-18(27-11-3-9-23-21(27)28)25-20(24-17)26-10-2-4-15(22)13-26/h5-8,15H,2-4,9-13,22H2,1H3,(H,24,25)/t15-/m1/s1. The van der Waals surface area contributed by atoms with Crippen LogP contribution in [0.2, 0.25) is 0 Å². The third-order valence-electron chi connectivity index (χ3n) is 5.92. The second-order valence-electron chi connectivity index (χ2n) is 8.03. The van der Waals surface area contributed by atoms with Crippen molar-refractivity contribution in [3.63, 3.8) is 0 Å². The van der Waals surface area contributed by atoms with Gasteiger partial charge in [-0.1, -0.05) is 12.1 Å². The van der Waals surface area contributed by atoms with Crippen molar-refractivity contribution >= 4 is 23.6 Å². The van der Waals surface area contributed by atoms with E-state index < -0.39 is 0 Å². The van der Waals surface area contributed by atoms with Gasteiger partial charge in [0.15, 0.2) is 11.5 Å². The zero-order valence-corrected chi connectivity index (χ0v) is 17.2. The SMILES string of the molecule is COc1ccc(CN2C(=O)c3[nH]c(N4CCC[C@@H](N)C4)nc3N3CCCN=C23)cc1. The normalized spacial score (nSPS) is 21.3. The van der Waals surface area contributed by atoms with Crippen LogP contribution in [0, 0.1) is 0 Å². The van der Waals surface area contributed by atoms with Gasteiger partial charge >= 0.3 is 0 Å². The van der Waals surface area contributed by atoms with Gasteiger partial charge in [0.1, 0.15) is 5.75 Å². The van der Waals surface area contributed by atoms with Crippen molar-refractivity contribution in [3.05, 3.63) is 35.5 Å². The minimum absolute atomic E-state index is 0.0993. The van der Waals surface area contributed by atoms with E-state index in [0.29, 0.717) is 30.6 Å². The number of aromatic nitrogens is 2. The van der Waals surface area contributed by atoms with E-state index in [9.17, 15) is 4.79 Å². The Morgan fingerprint density at radius 2 is 2.07 bits per heavy atom. The molecule has 2 aromatic rings. The van der Waals surface area contributed by atoms with Gasteiger partial charge in [-0.05, 0) is 37.0 Å². The molecule has 0 unspecified atom stereocenters. The molecule has 1 aromatic heterocycles. The number of imidazole rings is 1. The summed E-state index contributed by atoms with van der Waals surface area (Å²) < 4.78 is 5.24. The molecule has 9 nitrogen and oxygen atoms in total. The number of carbonyl (C=O) groups is 1. The molecule has 3 aliphatic rings. The number of methoxy groups -OCH3 is 1. The number of H-pyrrole nitrogens is 1. The molecular weight excluding hydrogens is 382 g/mol. The number of hydrogen-bond donors (Lipinski definition) is 2. The fourth-order valence-corrected chi connectivity index (χ4v) is 4.36. The van der Waals surface area contributed by atoms with Crippen LogP contribution in [-0.2, 0) is 6.54 Å². The predicted octanol–water partition coefficient (Wildman–Crippen LogP) is 1.57. The molecule has 0 bridgehead atoms. The Bertz CT molecular complexity index is 968. The minimum atomic E-state index is -0.0993. The number of piperidine rings is 1. The average Bonchev–Trinajstić information content (AvgIpc) is 3.23. The van der Waals surface area contributed by atoms with Crippen molar-refractivity contribution in [1.29, 1.82) is 0 Å². The highest BCUT2D eigenvalue weighted by atomic mass is 16.5. The highest BCUT2D eigenvalue weighted by Crippen LogP contribution is 2.32. The number of carbonyl (C=O) groups excluding carboxylic acids is 1. The van der Waals surface area contributed by atoms with E-state index in [-0.39, 0.29) is 11.9 Å². The molecule has 1 aromatic carbocycles. The van der Waals surface area contributed by atoms with E-state index in [4.69, 9.17) is 15.5 Å². The van der Waals surface area contributed by atoms with E-state index in [0.717, 1.165) is 56.2 Å². The number of aliphatic imine (C=N–C) groups is 1. The first kappa shape index (κ1) is 18.9. The molecule has 0 saturated carbocycles. The van der Waals surface area contributed by atoms with E-state index in [2.05, 4.69) is 19.8 Å². The van der Waals surface area contributed by atoms with Gasteiger partial charge in [-0.25, -0.2) is 0 Å². The number of nitrogens with one attached hydrogen (secondary N) is 1. The van der Waals surface area contributed by atoms with Crippen LogP contribution in [0.25, 0.3) is 0 Å². The zero-order chi connectivity index (χ0) is 20.7. The van der Waals surface area contributed by atoms with Crippen molar-refractivity contribution in [2.75, 3.05) is 43.1 Å². The molecule has 1 atom stereocenters. The first-order valence-electron chi connectivity index (χ1n) is 10.5. The van der Waals surface area contributed by atoms with Crippen LogP contribution in [-0.4, -0.2) is 66.1 Å². The van der Waals surface area contributed by atoms with Gasteiger partial charge in [-0.2, -0.15) is 4.98 Å². The minimum Gasteiger partial charge on any atom is -0.497 e. The molecule has 1 amide bonds. The van der Waals surface area contributed by atoms with Crippen LogP contribution in [0.1, 0.15) is 35.3 Å². The van der Waals surface area contributed by atoms with Crippen LogP contribution in [0.4, 0.5) is 11.8 Å². The first-order chi connectivity index (χ1) is 14.6. The summed E-state index contributed by atoms with van der Waals surface area (Å²) in [6.45, 7) is 3.59. The molecule has 30 heavy (non-hydrogen) atoms. The maximum atomic E-state index is 13.4. The van der Waals surface area contributed by atoms with Gasteiger partial charge in [-0.15, -0.1) is 0 Å². The molecule has 0 radical (unpaired) electrons. The topological polar surface area (TPSA) is 103 Å². The number of benzene rings is 1. The lowest BCUT2D eigenvalue weighted by Crippen LogP contribution is -2.53. The highest BCUT2D eigenvalue weighted by molar-refractivity contribution is 6.17. The molecule has 3 aliphatic heterocycles. The second-order valence-corrected chi connectivity index (χ2v) is 8.03. The van der Waals surface area contributed by atoms with Gasteiger partial charge in [0, 0.05) is 32.2 Å². The fraction of sp³-hybridized carbons (Fsp3) is 0.476. The number of nitrogens with two attached hydrogens (primary N) is 1. The lowest BCUT2D eigenvalue weighted by Gasteiger charge is -2.38. The Balaban J connectivity index is 1.47. The summed E-state index contributed by atoms with van der Waals surface area (Å²) in [6, 6.07) is 7.90. The lowest BCUT2D eigenvalue weighted by atomic mass is 10.1. The van der Waals surface area contributed by atoms with E-state index in [1.54, 1.807) is 12.0 Å². The van der Waals surface area contributed by atoms with Gasteiger partial charge in [0.05, 0.1) is 13.7 Å². The third kappa shape index (κ3) is 3.28. The van der Waals surface area contributed by atoms with Crippen LogP contribution >= 0.6 is 0 Å². The Morgan fingerprint density at radius 1 is 1.23 bits per heavy atom. The Labute approximate surface area is 175 Å². The third-order valence-corrected chi connectivity index (χ3v) is 5.92. The summed E-state index contributed by atoms with van der Waals surface area (Å²) in [5, 5.41) is 0. The number of guanidine groups is 1. The largest absolute Gasteiger partial charge is 0.497 e. The highest BCUT2D eigenvalue weighted by Gasteiger charge is 2.39. The summed E-state index contributed by atoms with van der Waals surface area (Å²) in [5.74, 6) is 2.78. The lowest BCUT2D eigenvalue weighted by molar-refractivity contribution is 0.0826. The molecule has 4 heterocycles. The summed E-state index contributed by atoms with van der Waals surface area (Å²) in [7, 11) is 1.64. The molecule has 1 saturated heterocycles. The predicted molar refractivity (Wildman–Crippen MR) is 115 cm³/mol. The Morgan fingerprint density at radius 3 is 2.83 bits per heavy atom. The average molecular weight is 409 g/mol. The van der Waals surface area contributed by atoms with Crippen LogP contribution in [0.5, 0.6) is 5.75 Å². The van der Waals surface area contributed by atoms with Gasteiger partial charge in [0.2, 0.25) is 11.9 Å². The van der Waals surface area contributed by atoms with Crippen molar-refractivity contribution in [2.45, 2.75) is 31.8 Å². The van der Waals surface area contributed by atoms with E-state index >= 15 is 0 Å². The quantitative estimate of drug-likeness (QED) is 0.795. The smallest absolute Gasteiger partial charge is 0.281 e. The summed E-state index contributed by atoms with van der Waals surface area (Å²) in [4.78, 5) is 32.2. The van der Waals surface area contributed by atoms with Crippen molar-refractivity contribution in [2.24, 2.45) is 10.7 Å². The molecule has 3 N–H and O–H groups in total. The summed E-state index contributed by atoms with van der Waals surface area (Å²) >= 11 is 0. The summed E-state index contributed by atoms with van der Waals surface area (Å²) in [6.07, 6.45) is 2.99. The van der Waals surface area contributed by atoms with Crippen LogP contribution in [0.3, 0.4) is 0 Å². The number of ether oxygens (including phenoxy) is 1. The Hall–Kier alpha value is -3.07.